The summed E-state index contributed by atoms with van der Waals surface area (Å²) in [7, 11) is 0. The lowest BCUT2D eigenvalue weighted by Crippen LogP contribution is -2.45. The highest BCUT2D eigenvalue weighted by Gasteiger charge is 2.57. The van der Waals surface area contributed by atoms with Crippen molar-refractivity contribution in [2.24, 2.45) is 17.8 Å². The van der Waals surface area contributed by atoms with Gasteiger partial charge >= 0.3 is 0 Å². The van der Waals surface area contributed by atoms with Gasteiger partial charge in [0.1, 0.15) is 0 Å². The molecule has 0 radical (unpaired) electrons. The van der Waals surface area contributed by atoms with Gasteiger partial charge in [-0.05, 0) is 50.4 Å². The Morgan fingerprint density at radius 2 is 1.88 bits per heavy atom. The predicted octanol–water partition coefficient (Wildman–Crippen LogP) is 3.20. The zero-order valence-electron chi connectivity index (χ0n) is 10.4. The smallest absolute Gasteiger partial charge is 0.226 e. The van der Waals surface area contributed by atoms with Gasteiger partial charge in [0, 0.05) is 23.8 Å². The van der Waals surface area contributed by atoms with Crippen LogP contribution < -0.4 is 0 Å². The minimum atomic E-state index is 0.430. The van der Waals surface area contributed by atoms with E-state index in [0.29, 0.717) is 17.9 Å². The summed E-state index contributed by atoms with van der Waals surface area (Å²) in [5.41, 5.74) is 0. The first-order valence-corrected chi connectivity index (χ1v) is 8.31. The second-order valence-electron chi connectivity index (χ2n) is 5.94. The Morgan fingerprint density at radius 3 is 2.59 bits per heavy atom. The van der Waals surface area contributed by atoms with Crippen molar-refractivity contribution in [1.29, 1.82) is 0 Å². The lowest BCUT2D eigenvalue weighted by Gasteiger charge is -2.36. The molecule has 0 spiro atoms. The molecule has 3 rings (SSSR count). The van der Waals surface area contributed by atoms with E-state index in [1.54, 1.807) is 0 Å². The molecule has 3 aliphatic rings. The molecular formula is C14H22BrNO. The summed E-state index contributed by atoms with van der Waals surface area (Å²) in [6.45, 7) is 1.02. The number of alkyl halides is 1. The van der Waals surface area contributed by atoms with E-state index in [1.807, 2.05) is 0 Å². The molecule has 1 heterocycles. The first-order chi connectivity index (χ1) is 8.33. The van der Waals surface area contributed by atoms with Gasteiger partial charge in [-0.3, -0.25) is 4.79 Å². The topological polar surface area (TPSA) is 20.3 Å². The summed E-state index contributed by atoms with van der Waals surface area (Å²) in [4.78, 5) is 14.8. The monoisotopic (exact) mass is 299 g/mol. The first kappa shape index (κ1) is 12.0. The summed E-state index contributed by atoms with van der Waals surface area (Å²) in [5.74, 6) is 2.48. The molecule has 96 valence electrons. The zero-order valence-corrected chi connectivity index (χ0v) is 12.0. The van der Waals surface area contributed by atoms with Crippen LogP contribution in [0.25, 0.3) is 0 Å². The van der Waals surface area contributed by atoms with Crippen molar-refractivity contribution in [1.82, 2.24) is 4.90 Å². The summed E-state index contributed by atoms with van der Waals surface area (Å²) < 4.78 is 0. The van der Waals surface area contributed by atoms with Crippen molar-refractivity contribution in [2.45, 2.75) is 51.0 Å². The third-order valence-corrected chi connectivity index (χ3v) is 5.50. The molecule has 0 N–H and O–H groups in total. The average molecular weight is 300 g/mol. The number of hydrogen-bond donors (Lipinski definition) is 0. The second kappa shape index (κ2) is 4.91. The fraction of sp³-hybridized carbons (Fsp3) is 0.929. The van der Waals surface area contributed by atoms with Crippen molar-refractivity contribution >= 4 is 21.8 Å². The molecule has 3 heteroatoms. The van der Waals surface area contributed by atoms with E-state index in [4.69, 9.17) is 0 Å². The van der Waals surface area contributed by atoms with Gasteiger partial charge in [0.25, 0.3) is 0 Å². The van der Waals surface area contributed by atoms with Gasteiger partial charge in [0.05, 0.1) is 0 Å². The number of fused-ring (bicyclic) bond motifs is 1. The Balaban J connectivity index is 1.63. The van der Waals surface area contributed by atoms with Gasteiger partial charge in [-0.25, -0.2) is 0 Å². The number of rotatable bonds is 3. The molecule has 2 aliphatic carbocycles. The molecule has 17 heavy (non-hydrogen) atoms. The second-order valence-corrected chi connectivity index (χ2v) is 6.74. The summed E-state index contributed by atoms with van der Waals surface area (Å²) in [5, 5.41) is 1.03. The quantitative estimate of drug-likeness (QED) is 0.733. The fourth-order valence-electron chi connectivity index (χ4n) is 4.10. The van der Waals surface area contributed by atoms with Crippen molar-refractivity contribution in [3.05, 3.63) is 0 Å². The molecule has 3 fully saturated rings. The summed E-state index contributed by atoms with van der Waals surface area (Å²) in [6.07, 6.45) is 8.87. The van der Waals surface area contributed by atoms with E-state index in [2.05, 4.69) is 20.8 Å². The molecule has 2 saturated carbocycles. The van der Waals surface area contributed by atoms with Crippen LogP contribution in [0.4, 0.5) is 0 Å². The number of piperidine rings is 1. The number of halogens is 1. The Bertz CT molecular complexity index is 295. The van der Waals surface area contributed by atoms with Crippen molar-refractivity contribution in [3.8, 4) is 0 Å². The average Bonchev–Trinajstić information content (AvgIpc) is 2.82. The van der Waals surface area contributed by atoms with Crippen LogP contribution >= 0.6 is 15.9 Å². The van der Waals surface area contributed by atoms with E-state index in [1.165, 1.54) is 38.5 Å². The van der Waals surface area contributed by atoms with Crippen LogP contribution in [-0.4, -0.2) is 28.7 Å². The lowest BCUT2D eigenvalue weighted by molar-refractivity contribution is -0.137. The lowest BCUT2D eigenvalue weighted by atomic mass is 9.98. The third-order valence-electron chi connectivity index (χ3n) is 5.04. The van der Waals surface area contributed by atoms with E-state index in [0.717, 1.165) is 30.1 Å². The van der Waals surface area contributed by atoms with Gasteiger partial charge in [-0.2, -0.15) is 0 Å². The van der Waals surface area contributed by atoms with Crippen LogP contribution in [0.3, 0.4) is 0 Å². The van der Waals surface area contributed by atoms with Crippen LogP contribution in [0, 0.1) is 17.8 Å². The zero-order chi connectivity index (χ0) is 11.8. The molecular weight excluding hydrogens is 278 g/mol. The normalized spacial score (nSPS) is 40.2. The maximum Gasteiger partial charge on any atom is 0.226 e. The molecule has 1 amide bonds. The van der Waals surface area contributed by atoms with Crippen LogP contribution in [0.1, 0.15) is 44.9 Å². The van der Waals surface area contributed by atoms with E-state index < -0.39 is 0 Å². The van der Waals surface area contributed by atoms with Crippen LogP contribution in [0.5, 0.6) is 0 Å². The van der Waals surface area contributed by atoms with Crippen molar-refractivity contribution in [3.63, 3.8) is 0 Å². The molecule has 0 aromatic carbocycles. The van der Waals surface area contributed by atoms with Gasteiger partial charge in [-0.15, -0.1) is 0 Å². The third kappa shape index (κ3) is 2.16. The molecule has 0 aromatic heterocycles. The molecule has 0 bridgehead atoms. The first-order valence-electron chi connectivity index (χ1n) is 7.19. The highest BCUT2D eigenvalue weighted by molar-refractivity contribution is 9.09. The van der Waals surface area contributed by atoms with Crippen LogP contribution in [0.2, 0.25) is 0 Å². The number of amides is 1. The standard InChI is InChI=1S/C14H22BrNO/c15-8-7-10-4-1-2-9-16(10)14(17)13-11-5-3-6-12(11)13/h10-13H,1-9H2. The SMILES string of the molecule is O=C(C1C2CCCC21)N1CCCCC1CCBr. The fourth-order valence-corrected chi connectivity index (χ4v) is 4.62. The van der Waals surface area contributed by atoms with Crippen LogP contribution in [0.15, 0.2) is 0 Å². The largest absolute Gasteiger partial charge is 0.339 e. The minimum absolute atomic E-state index is 0.430. The summed E-state index contributed by atoms with van der Waals surface area (Å²) >= 11 is 3.52. The Kier molecular flexibility index (Phi) is 3.47. The minimum Gasteiger partial charge on any atom is -0.339 e. The van der Waals surface area contributed by atoms with Crippen molar-refractivity contribution in [2.75, 3.05) is 11.9 Å². The van der Waals surface area contributed by atoms with E-state index in [-0.39, 0.29) is 0 Å². The number of carbonyl (C=O) groups is 1. The Labute approximate surface area is 112 Å². The molecule has 0 aromatic rings. The Hall–Kier alpha value is -0.0500. The highest BCUT2D eigenvalue weighted by atomic mass is 79.9. The van der Waals surface area contributed by atoms with Gasteiger partial charge in [0.15, 0.2) is 0 Å². The van der Waals surface area contributed by atoms with E-state index >= 15 is 0 Å². The number of nitrogens with zero attached hydrogens (tertiary/aromatic N) is 1. The summed E-state index contributed by atoms with van der Waals surface area (Å²) in [6, 6.07) is 0.525. The van der Waals surface area contributed by atoms with E-state index in [9.17, 15) is 4.79 Å². The van der Waals surface area contributed by atoms with Gasteiger partial charge < -0.3 is 4.90 Å². The van der Waals surface area contributed by atoms with Gasteiger partial charge in [0.2, 0.25) is 5.91 Å². The molecule has 1 aliphatic heterocycles. The highest BCUT2D eigenvalue weighted by Crippen LogP contribution is 2.58. The predicted molar refractivity (Wildman–Crippen MR) is 72.1 cm³/mol. The maximum absolute atomic E-state index is 12.6. The molecule has 3 atom stereocenters. The number of likely N-dealkylation sites (tertiary alicyclic amines) is 1. The number of hydrogen-bond acceptors (Lipinski definition) is 1. The van der Waals surface area contributed by atoms with Crippen molar-refractivity contribution < 1.29 is 4.79 Å². The molecule has 2 nitrogen and oxygen atoms in total. The number of carbonyl (C=O) groups excluding carboxylic acids is 1. The Morgan fingerprint density at radius 1 is 1.12 bits per heavy atom. The van der Waals surface area contributed by atoms with Crippen LogP contribution in [-0.2, 0) is 4.79 Å². The maximum atomic E-state index is 12.6. The molecule has 3 unspecified atom stereocenters. The molecule has 1 saturated heterocycles. The van der Waals surface area contributed by atoms with Gasteiger partial charge in [-0.1, -0.05) is 22.4 Å².